The first-order chi connectivity index (χ1) is 7.11. The number of nitrogen functional groups attached to an aromatic ring is 1. The number of nitrogens with zero attached hydrogens (tertiary/aromatic N) is 2. The Morgan fingerprint density at radius 3 is 2.60 bits per heavy atom. The van der Waals surface area contributed by atoms with E-state index in [1.54, 1.807) is 11.3 Å². The van der Waals surface area contributed by atoms with Gasteiger partial charge in [-0.25, -0.2) is 0 Å². The second kappa shape index (κ2) is 3.79. The summed E-state index contributed by atoms with van der Waals surface area (Å²) in [5, 5.41) is 10.7. The normalized spacial score (nSPS) is 10.6. The van der Waals surface area contributed by atoms with Gasteiger partial charge in [-0.1, -0.05) is 11.6 Å². The Balaban J connectivity index is 2.65. The fraction of sp³-hybridized carbons (Fsp3) is 0.200. The second-order valence-corrected chi connectivity index (χ2v) is 4.60. The fourth-order valence-corrected chi connectivity index (χ4v) is 2.49. The SMILES string of the molecule is Cc1c(N)nnc(-c2sccc2Cl)c1C. The molecule has 0 radical (unpaired) electrons. The predicted octanol–water partition coefficient (Wildman–Crippen LogP) is 3.06. The van der Waals surface area contributed by atoms with E-state index in [0.717, 1.165) is 21.7 Å². The third-order valence-electron chi connectivity index (χ3n) is 2.39. The first-order valence-electron chi connectivity index (χ1n) is 4.44. The van der Waals surface area contributed by atoms with Gasteiger partial charge in [0, 0.05) is 0 Å². The third-order valence-corrected chi connectivity index (χ3v) is 3.74. The van der Waals surface area contributed by atoms with Crippen molar-refractivity contribution in [2.75, 3.05) is 5.73 Å². The molecule has 0 spiro atoms. The van der Waals surface area contributed by atoms with Gasteiger partial charge >= 0.3 is 0 Å². The van der Waals surface area contributed by atoms with Crippen LogP contribution in [0.2, 0.25) is 5.02 Å². The number of nitrogens with two attached hydrogens (primary N) is 1. The number of thiophene rings is 1. The van der Waals surface area contributed by atoms with E-state index in [4.69, 9.17) is 17.3 Å². The van der Waals surface area contributed by atoms with Gasteiger partial charge in [0.25, 0.3) is 0 Å². The van der Waals surface area contributed by atoms with Crippen molar-refractivity contribution in [2.45, 2.75) is 13.8 Å². The molecule has 5 heteroatoms. The van der Waals surface area contributed by atoms with Crippen molar-refractivity contribution >= 4 is 28.8 Å². The van der Waals surface area contributed by atoms with E-state index in [-0.39, 0.29) is 0 Å². The molecule has 2 heterocycles. The molecule has 2 aromatic rings. The summed E-state index contributed by atoms with van der Waals surface area (Å²) in [5.41, 5.74) is 8.50. The summed E-state index contributed by atoms with van der Waals surface area (Å²) < 4.78 is 0. The minimum atomic E-state index is 0.476. The topological polar surface area (TPSA) is 51.8 Å². The van der Waals surface area contributed by atoms with Crippen molar-refractivity contribution in [1.29, 1.82) is 0 Å². The minimum absolute atomic E-state index is 0.476. The number of rotatable bonds is 1. The summed E-state index contributed by atoms with van der Waals surface area (Å²) in [5.74, 6) is 0.476. The van der Waals surface area contributed by atoms with Crippen molar-refractivity contribution in [3.63, 3.8) is 0 Å². The molecule has 2 N–H and O–H groups in total. The van der Waals surface area contributed by atoms with Gasteiger partial charge in [0.1, 0.15) is 11.5 Å². The highest BCUT2D eigenvalue weighted by molar-refractivity contribution is 7.14. The largest absolute Gasteiger partial charge is 0.382 e. The summed E-state index contributed by atoms with van der Waals surface area (Å²) in [6.07, 6.45) is 0. The molecule has 0 aromatic carbocycles. The first kappa shape index (κ1) is 10.4. The average molecular weight is 240 g/mol. The van der Waals surface area contributed by atoms with Crippen molar-refractivity contribution in [3.8, 4) is 10.6 Å². The van der Waals surface area contributed by atoms with Crippen molar-refractivity contribution < 1.29 is 0 Å². The van der Waals surface area contributed by atoms with E-state index < -0.39 is 0 Å². The Kier molecular flexibility index (Phi) is 2.63. The van der Waals surface area contributed by atoms with E-state index in [9.17, 15) is 0 Å². The van der Waals surface area contributed by atoms with Crippen LogP contribution in [0.15, 0.2) is 11.4 Å². The van der Waals surface area contributed by atoms with Crippen molar-refractivity contribution in [1.82, 2.24) is 10.2 Å². The van der Waals surface area contributed by atoms with E-state index in [0.29, 0.717) is 10.8 Å². The van der Waals surface area contributed by atoms with E-state index in [2.05, 4.69) is 10.2 Å². The average Bonchev–Trinajstić information content (AvgIpc) is 2.62. The van der Waals surface area contributed by atoms with Gasteiger partial charge in [0.05, 0.1) is 9.90 Å². The number of hydrogen-bond donors (Lipinski definition) is 1. The third kappa shape index (κ3) is 1.70. The van der Waals surface area contributed by atoms with Crippen LogP contribution in [0, 0.1) is 13.8 Å². The smallest absolute Gasteiger partial charge is 0.149 e. The molecular formula is C10H10ClN3S. The summed E-state index contributed by atoms with van der Waals surface area (Å²) in [7, 11) is 0. The molecule has 0 fully saturated rings. The number of halogens is 1. The minimum Gasteiger partial charge on any atom is -0.382 e. The maximum absolute atomic E-state index is 6.05. The molecule has 3 nitrogen and oxygen atoms in total. The molecular weight excluding hydrogens is 230 g/mol. The van der Waals surface area contributed by atoms with Crippen LogP contribution in [-0.2, 0) is 0 Å². The van der Waals surface area contributed by atoms with Gasteiger partial charge in [-0.05, 0) is 36.4 Å². The van der Waals surface area contributed by atoms with Crippen LogP contribution in [0.3, 0.4) is 0 Å². The van der Waals surface area contributed by atoms with Crippen LogP contribution in [0.4, 0.5) is 5.82 Å². The molecule has 15 heavy (non-hydrogen) atoms. The van der Waals surface area contributed by atoms with E-state index in [1.807, 2.05) is 25.3 Å². The number of anilines is 1. The zero-order valence-corrected chi connectivity index (χ0v) is 9.99. The molecule has 0 aliphatic heterocycles. The molecule has 0 saturated heterocycles. The lowest BCUT2D eigenvalue weighted by molar-refractivity contribution is 1.02. The molecule has 0 aliphatic rings. The summed E-state index contributed by atoms with van der Waals surface area (Å²) in [6.45, 7) is 3.91. The van der Waals surface area contributed by atoms with Crippen LogP contribution in [0.25, 0.3) is 10.6 Å². The van der Waals surface area contributed by atoms with Gasteiger partial charge in [0.2, 0.25) is 0 Å². The van der Waals surface area contributed by atoms with Gasteiger partial charge in [-0.2, -0.15) is 0 Å². The monoisotopic (exact) mass is 239 g/mol. The molecule has 0 bridgehead atoms. The molecule has 0 unspecified atom stereocenters. The molecule has 0 amide bonds. The molecule has 2 rings (SSSR count). The van der Waals surface area contributed by atoms with Crippen molar-refractivity contribution in [3.05, 3.63) is 27.6 Å². The molecule has 78 valence electrons. The maximum Gasteiger partial charge on any atom is 0.149 e. The van der Waals surface area contributed by atoms with Gasteiger partial charge in [0.15, 0.2) is 0 Å². The Morgan fingerprint density at radius 1 is 1.27 bits per heavy atom. The highest BCUT2D eigenvalue weighted by Gasteiger charge is 2.13. The molecule has 0 atom stereocenters. The van der Waals surface area contributed by atoms with Gasteiger partial charge in [-0.15, -0.1) is 21.5 Å². The van der Waals surface area contributed by atoms with Crippen molar-refractivity contribution in [2.24, 2.45) is 0 Å². The quantitative estimate of drug-likeness (QED) is 0.832. The fourth-order valence-electron chi connectivity index (χ4n) is 1.30. The van der Waals surface area contributed by atoms with E-state index >= 15 is 0 Å². The number of aromatic nitrogens is 2. The molecule has 0 aliphatic carbocycles. The standard InChI is InChI=1S/C10H10ClN3S/c1-5-6(2)10(12)14-13-8(5)9-7(11)3-4-15-9/h3-4H,1-2H3,(H2,12,14). The summed E-state index contributed by atoms with van der Waals surface area (Å²) in [4.78, 5) is 0.949. The molecule has 0 saturated carbocycles. The Bertz CT molecular complexity index is 507. The lowest BCUT2D eigenvalue weighted by Crippen LogP contribution is -2.01. The second-order valence-electron chi connectivity index (χ2n) is 3.28. The zero-order chi connectivity index (χ0) is 11.0. The van der Waals surface area contributed by atoms with E-state index in [1.165, 1.54) is 0 Å². The number of hydrogen-bond acceptors (Lipinski definition) is 4. The molecule has 2 aromatic heterocycles. The van der Waals surface area contributed by atoms with Gasteiger partial charge < -0.3 is 5.73 Å². The van der Waals surface area contributed by atoms with Crippen LogP contribution >= 0.6 is 22.9 Å². The lowest BCUT2D eigenvalue weighted by atomic mass is 10.1. The van der Waals surface area contributed by atoms with Crippen LogP contribution in [0.5, 0.6) is 0 Å². The lowest BCUT2D eigenvalue weighted by Gasteiger charge is -2.07. The maximum atomic E-state index is 6.05. The predicted molar refractivity (Wildman–Crippen MR) is 64.2 cm³/mol. The Morgan fingerprint density at radius 2 is 2.00 bits per heavy atom. The summed E-state index contributed by atoms with van der Waals surface area (Å²) in [6, 6.07) is 1.86. The highest BCUT2D eigenvalue weighted by Crippen LogP contribution is 2.34. The van der Waals surface area contributed by atoms with Crippen LogP contribution in [0.1, 0.15) is 11.1 Å². The Hall–Kier alpha value is -1.13. The zero-order valence-electron chi connectivity index (χ0n) is 8.41. The van der Waals surface area contributed by atoms with Crippen LogP contribution < -0.4 is 5.73 Å². The Labute approximate surface area is 96.9 Å². The summed E-state index contributed by atoms with van der Waals surface area (Å²) >= 11 is 7.61. The highest BCUT2D eigenvalue weighted by atomic mass is 35.5. The van der Waals surface area contributed by atoms with Crippen LogP contribution in [-0.4, -0.2) is 10.2 Å². The van der Waals surface area contributed by atoms with Gasteiger partial charge in [-0.3, -0.25) is 0 Å². The first-order valence-corrected chi connectivity index (χ1v) is 5.69.